The molecule has 3 nitrogen and oxygen atoms in total. The zero-order valence-electron chi connectivity index (χ0n) is 12.3. The van der Waals surface area contributed by atoms with E-state index in [0.29, 0.717) is 6.04 Å². The summed E-state index contributed by atoms with van der Waals surface area (Å²) in [5.41, 5.74) is -0.0844. The maximum Gasteiger partial charge on any atom is 0.0775 e. The Kier molecular flexibility index (Phi) is 5.90. The molecule has 0 aromatic rings. The Bertz CT molecular complexity index is 214. The van der Waals surface area contributed by atoms with Crippen molar-refractivity contribution in [1.82, 2.24) is 10.2 Å². The van der Waals surface area contributed by atoms with Gasteiger partial charge in [-0.2, -0.15) is 0 Å². The molecule has 1 N–H and O–H groups in total. The van der Waals surface area contributed by atoms with Gasteiger partial charge in [0.05, 0.1) is 5.60 Å². The van der Waals surface area contributed by atoms with Crippen LogP contribution in [0.15, 0.2) is 0 Å². The standard InChI is InChI=1S/C14H30N2O/c1-6-15-13(14(3,4)17-5)10-11-16(7-2)12-8-9-12/h12-13,15H,6-11H2,1-5H3. The lowest BCUT2D eigenvalue weighted by Gasteiger charge is -2.35. The minimum absolute atomic E-state index is 0.0844. The van der Waals surface area contributed by atoms with Crippen LogP contribution < -0.4 is 5.32 Å². The molecule has 102 valence electrons. The first-order valence-corrected chi connectivity index (χ1v) is 7.07. The molecule has 0 saturated heterocycles. The predicted molar refractivity (Wildman–Crippen MR) is 73.4 cm³/mol. The van der Waals surface area contributed by atoms with Crippen LogP contribution in [0.2, 0.25) is 0 Å². The average Bonchev–Trinajstić information content (AvgIpc) is 3.12. The van der Waals surface area contributed by atoms with Gasteiger partial charge in [-0.3, -0.25) is 0 Å². The molecule has 0 aromatic carbocycles. The zero-order chi connectivity index (χ0) is 12.9. The molecule has 1 aliphatic carbocycles. The Morgan fingerprint density at radius 2 is 2.00 bits per heavy atom. The highest BCUT2D eigenvalue weighted by Gasteiger charge is 2.31. The van der Waals surface area contributed by atoms with E-state index in [2.05, 4.69) is 37.9 Å². The van der Waals surface area contributed by atoms with Gasteiger partial charge in [-0.15, -0.1) is 0 Å². The van der Waals surface area contributed by atoms with Crippen LogP contribution in [-0.2, 0) is 4.74 Å². The van der Waals surface area contributed by atoms with Gasteiger partial charge in [0, 0.05) is 25.7 Å². The van der Waals surface area contributed by atoms with Gasteiger partial charge in [0.15, 0.2) is 0 Å². The van der Waals surface area contributed by atoms with Gasteiger partial charge in [-0.05, 0) is 46.2 Å². The van der Waals surface area contributed by atoms with Crippen molar-refractivity contribution in [2.75, 3.05) is 26.7 Å². The van der Waals surface area contributed by atoms with E-state index in [-0.39, 0.29) is 5.60 Å². The molecule has 17 heavy (non-hydrogen) atoms. The van der Waals surface area contributed by atoms with Crippen molar-refractivity contribution in [1.29, 1.82) is 0 Å². The van der Waals surface area contributed by atoms with E-state index in [0.717, 1.165) is 12.6 Å². The molecule has 1 atom stereocenters. The summed E-state index contributed by atoms with van der Waals surface area (Å²) >= 11 is 0. The second-order valence-corrected chi connectivity index (χ2v) is 5.57. The summed E-state index contributed by atoms with van der Waals surface area (Å²) in [5, 5.41) is 3.56. The zero-order valence-corrected chi connectivity index (χ0v) is 12.3. The lowest BCUT2D eigenvalue weighted by Crippen LogP contribution is -2.49. The fourth-order valence-corrected chi connectivity index (χ4v) is 2.42. The minimum atomic E-state index is -0.0844. The maximum absolute atomic E-state index is 5.61. The SMILES string of the molecule is CCNC(CCN(CC)C1CC1)C(C)(C)OC. The lowest BCUT2D eigenvalue weighted by molar-refractivity contribution is -0.0145. The van der Waals surface area contributed by atoms with Gasteiger partial charge in [0.25, 0.3) is 0 Å². The number of nitrogens with one attached hydrogen (secondary N) is 1. The molecule has 1 aliphatic rings. The highest BCUT2D eigenvalue weighted by molar-refractivity contribution is 4.89. The molecule has 0 spiro atoms. The van der Waals surface area contributed by atoms with E-state index >= 15 is 0 Å². The summed E-state index contributed by atoms with van der Waals surface area (Å²) in [6.45, 7) is 12.1. The van der Waals surface area contributed by atoms with E-state index in [1.165, 1.54) is 32.4 Å². The van der Waals surface area contributed by atoms with Crippen molar-refractivity contribution < 1.29 is 4.74 Å². The minimum Gasteiger partial charge on any atom is -0.377 e. The van der Waals surface area contributed by atoms with Crippen LogP contribution in [0.25, 0.3) is 0 Å². The van der Waals surface area contributed by atoms with Crippen molar-refractivity contribution in [2.45, 2.75) is 64.6 Å². The first-order valence-electron chi connectivity index (χ1n) is 7.07. The van der Waals surface area contributed by atoms with Crippen molar-refractivity contribution in [3.63, 3.8) is 0 Å². The summed E-state index contributed by atoms with van der Waals surface area (Å²) in [6.07, 6.45) is 3.96. The van der Waals surface area contributed by atoms with Crippen LogP contribution in [0.5, 0.6) is 0 Å². The topological polar surface area (TPSA) is 24.5 Å². The molecular formula is C14H30N2O. The highest BCUT2D eigenvalue weighted by Crippen LogP contribution is 2.27. The molecule has 1 fully saturated rings. The van der Waals surface area contributed by atoms with Crippen molar-refractivity contribution in [3.8, 4) is 0 Å². The van der Waals surface area contributed by atoms with Crippen LogP contribution in [0.1, 0.15) is 47.0 Å². The molecule has 1 saturated carbocycles. The van der Waals surface area contributed by atoms with Gasteiger partial charge in [0.1, 0.15) is 0 Å². The van der Waals surface area contributed by atoms with Crippen molar-refractivity contribution in [2.24, 2.45) is 0 Å². The Morgan fingerprint density at radius 3 is 2.41 bits per heavy atom. The average molecular weight is 242 g/mol. The first kappa shape index (κ1) is 14.9. The molecule has 1 unspecified atom stereocenters. The van der Waals surface area contributed by atoms with E-state index in [1.54, 1.807) is 0 Å². The number of likely N-dealkylation sites (N-methyl/N-ethyl adjacent to an activating group) is 1. The molecule has 0 amide bonds. The number of nitrogens with zero attached hydrogens (tertiary/aromatic N) is 1. The molecule has 0 radical (unpaired) electrons. The smallest absolute Gasteiger partial charge is 0.0775 e. The number of rotatable bonds is 9. The summed E-state index contributed by atoms with van der Waals surface area (Å²) in [5.74, 6) is 0. The molecule has 0 aliphatic heterocycles. The fourth-order valence-electron chi connectivity index (χ4n) is 2.42. The molecular weight excluding hydrogens is 212 g/mol. The molecule has 1 rings (SSSR count). The monoisotopic (exact) mass is 242 g/mol. The Hall–Kier alpha value is -0.120. The normalized spacial score (nSPS) is 18.7. The molecule has 0 bridgehead atoms. The quantitative estimate of drug-likeness (QED) is 0.671. The van der Waals surface area contributed by atoms with Crippen molar-refractivity contribution >= 4 is 0 Å². The van der Waals surface area contributed by atoms with Gasteiger partial charge >= 0.3 is 0 Å². The lowest BCUT2D eigenvalue weighted by atomic mass is 9.95. The van der Waals surface area contributed by atoms with E-state index < -0.39 is 0 Å². The van der Waals surface area contributed by atoms with Crippen molar-refractivity contribution in [3.05, 3.63) is 0 Å². The van der Waals surface area contributed by atoms with Gasteiger partial charge in [-0.25, -0.2) is 0 Å². The fraction of sp³-hybridized carbons (Fsp3) is 1.00. The number of hydrogen-bond donors (Lipinski definition) is 1. The number of hydrogen-bond acceptors (Lipinski definition) is 3. The Labute approximate surface area is 107 Å². The van der Waals surface area contributed by atoms with E-state index in [1.807, 2.05) is 7.11 Å². The third-order valence-electron chi connectivity index (χ3n) is 3.99. The largest absolute Gasteiger partial charge is 0.377 e. The summed E-state index contributed by atoms with van der Waals surface area (Å²) in [4.78, 5) is 2.61. The first-order chi connectivity index (χ1) is 8.05. The maximum atomic E-state index is 5.61. The Morgan fingerprint density at radius 1 is 1.35 bits per heavy atom. The van der Waals surface area contributed by atoms with Crippen LogP contribution >= 0.6 is 0 Å². The molecule has 3 heteroatoms. The van der Waals surface area contributed by atoms with Crippen LogP contribution in [-0.4, -0.2) is 49.3 Å². The van der Waals surface area contributed by atoms with Gasteiger partial charge < -0.3 is 15.0 Å². The van der Waals surface area contributed by atoms with Crippen LogP contribution in [0, 0.1) is 0 Å². The molecule has 0 aromatic heterocycles. The molecule has 0 heterocycles. The predicted octanol–water partition coefficient (Wildman–Crippen LogP) is 2.26. The third-order valence-corrected chi connectivity index (χ3v) is 3.99. The number of ether oxygens (including phenoxy) is 1. The van der Waals surface area contributed by atoms with Crippen LogP contribution in [0.4, 0.5) is 0 Å². The highest BCUT2D eigenvalue weighted by atomic mass is 16.5. The summed E-state index contributed by atoms with van der Waals surface area (Å²) in [6, 6.07) is 1.30. The van der Waals surface area contributed by atoms with Gasteiger partial charge in [0.2, 0.25) is 0 Å². The third kappa shape index (κ3) is 4.57. The number of methoxy groups -OCH3 is 1. The summed E-state index contributed by atoms with van der Waals surface area (Å²) < 4.78 is 5.61. The second kappa shape index (κ2) is 6.72. The van der Waals surface area contributed by atoms with Crippen LogP contribution in [0.3, 0.4) is 0 Å². The second-order valence-electron chi connectivity index (χ2n) is 5.57. The summed E-state index contributed by atoms with van der Waals surface area (Å²) in [7, 11) is 1.81. The Balaban J connectivity index is 2.42. The van der Waals surface area contributed by atoms with E-state index in [9.17, 15) is 0 Å². The van der Waals surface area contributed by atoms with Gasteiger partial charge in [-0.1, -0.05) is 13.8 Å². The van der Waals surface area contributed by atoms with E-state index in [4.69, 9.17) is 4.74 Å².